The Morgan fingerprint density at radius 2 is 1.90 bits per heavy atom. The molecule has 0 radical (unpaired) electrons. The van der Waals surface area contributed by atoms with E-state index in [2.05, 4.69) is 22.9 Å². The predicted octanol–water partition coefficient (Wildman–Crippen LogP) is 5.44. The molecule has 0 aliphatic rings. The summed E-state index contributed by atoms with van der Waals surface area (Å²) in [4.78, 5) is 1.12. The van der Waals surface area contributed by atoms with Crippen LogP contribution in [0.15, 0.2) is 45.8 Å². The summed E-state index contributed by atoms with van der Waals surface area (Å²) in [7, 11) is 0. The first-order chi connectivity index (χ1) is 9.54. The molecule has 0 heterocycles. The standard InChI is InChI=1S/C15H13BrClFOS/c1-2-20-10-5-3-9(4-6-10)15(19)11-7-8-12(16)13(17)14(11)18/h3-8,15,19H,2H2,1H3. The van der Waals surface area contributed by atoms with Crippen LogP contribution in [-0.2, 0) is 0 Å². The van der Waals surface area contributed by atoms with Crippen LogP contribution in [0.4, 0.5) is 4.39 Å². The van der Waals surface area contributed by atoms with Crippen molar-refractivity contribution in [3.8, 4) is 0 Å². The lowest BCUT2D eigenvalue weighted by Crippen LogP contribution is -2.03. The van der Waals surface area contributed by atoms with Gasteiger partial charge in [0.15, 0.2) is 0 Å². The van der Waals surface area contributed by atoms with Crippen LogP contribution in [0.5, 0.6) is 0 Å². The molecule has 20 heavy (non-hydrogen) atoms. The van der Waals surface area contributed by atoms with Crippen molar-refractivity contribution in [1.29, 1.82) is 0 Å². The predicted molar refractivity (Wildman–Crippen MR) is 86.0 cm³/mol. The van der Waals surface area contributed by atoms with Gasteiger partial charge in [-0.3, -0.25) is 0 Å². The van der Waals surface area contributed by atoms with Gasteiger partial charge >= 0.3 is 0 Å². The second-order valence-electron chi connectivity index (χ2n) is 4.17. The van der Waals surface area contributed by atoms with Crippen LogP contribution >= 0.6 is 39.3 Å². The highest BCUT2D eigenvalue weighted by Crippen LogP contribution is 2.33. The fourth-order valence-electron chi connectivity index (χ4n) is 1.84. The Kier molecular flexibility index (Phi) is 5.49. The highest BCUT2D eigenvalue weighted by molar-refractivity contribution is 9.10. The minimum Gasteiger partial charge on any atom is -0.384 e. The minimum absolute atomic E-state index is 0.0142. The largest absolute Gasteiger partial charge is 0.384 e. The van der Waals surface area contributed by atoms with Gasteiger partial charge in [-0.05, 0) is 45.4 Å². The fourth-order valence-corrected chi connectivity index (χ4v) is 2.98. The Morgan fingerprint density at radius 3 is 2.50 bits per heavy atom. The lowest BCUT2D eigenvalue weighted by atomic mass is 10.0. The Hall–Kier alpha value is -0.550. The van der Waals surface area contributed by atoms with E-state index in [0.29, 0.717) is 10.0 Å². The van der Waals surface area contributed by atoms with Crippen LogP contribution in [0.25, 0.3) is 0 Å². The maximum atomic E-state index is 14.1. The van der Waals surface area contributed by atoms with Crippen LogP contribution < -0.4 is 0 Å². The summed E-state index contributed by atoms with van der Waals surface area (Å²) in [5.74, 6) is 0.388. The SMILES string of the molecule is CCSc1ccc(C(O)c2ccc(Br)c(Cl)c2F)cc1. The summed E-state index contributed by atoms with van der Waals surface area (Å²) in [5, 5.41) is 10.3. The summed E-state index contributed by atoms with van der Waals surface area (Å²) in [6, 6.07) is 10.6. The highest BCUT2D eigenvalue weighted by Gasteiger charge is 2.18. The summed E-state index contributed by atoms with van der Waals surface area (Å²) >= 11 is 10.7. The van der Waals surface area contributed by atoms with Crippen molar-refractivity contribution in [3.63, 3.8) is 0 Å². The molecule has 0 spiro atoms. The van der Waals surface area contributed by atoms with Gasteiger partial charge in [-0.2, -0.15) is 0 Å². The summed E-state index contributed by atoms with van der Waals surface area (Å²) < 4.78 is 14.5. The molecule has 0 saturated heterocycles. The van der Waals surface area contributed by atoms with E-state index >= 15 is 0 Å². The lowest BCUT2D eigenvalue weighted by Gasteiger charge is -2.14. The van der Waals surface area contributed by atoms with Crippen molar-refractivity contribution in [2.45, 2.75) is 17.9 Å². The maximum absolute atomic E-state index is 14.1. The van der Waals surface area contributed by atoms with Crippen LogP contribution in [0.3, 0.4) is 0 Å². The zero-order valence-corrected chi connectivity index (χ0v) is 13.9. The van der Waals surface area contributed by atoms with Gasteiger partial charge in [0.05, 0.1) is 5.02 Å². The molecule has 0 fully saturated rings. The number of halogens is 3. The van der Waals surface area contributed by atoms with Crippen molar-refractivity contribution in [2.75, 3.05) is 5.75 Å². The Morgan fingerprint density at radius 1 is 1.25 bits per heavy atom. The Labute approximate surface area is 135 Å². The van der Waals surface area contributed by atoms with Gasteiger partial charge in [0.25, 0.3) is 0 Å². The molecule has 5 heteroatoms. The molecule has 0 aliphatic carbocycles. The molecule has 0 aliphatic heterocycles. The molecule has 1 N–H and O–H groups in total. The number of hydrogen-bond acceptors (Lipinski definition) is 2. The molecule has 1 unspecified atom stereocenters. The first-order valence-corrected chi connectivity index (χ1v) is 8.24. The second kappa shape index (κ2) is 6.94. The molecular weight excluding hydrogens is 363 g/mol. The third kappa shape index (κ3) is 3.37. The summed E-state index contributed by atoms with van der Waals surface area (Å²) in [5.41, 5.74) is 0.817. The van der Waals surface area contributed by atoms with E-state index in [-0.39, 0.29) is 10.6 Å². The van der Waals surface area contributed by atoms with Crippen molar-refractivity contribution in [1.82, 2.24) is 0 Å². The van der Waals surface area contributed by atoms with Crippen molar-refractivity contribution >= 4 is 39.3 Å². The van der Waals surface area contributed by atoms with E-state index in [4.69, 9.17) is 11.6 Å². The van der Waals surface area contributed by atoms with E-state index in [0.717, 1.165) is 10.6 Å². The van der Waals surface area contributed by atoms with Crippen LogP contribution in [-0.4, -0.2) is 10.9 Å². The first kappa shape index (κ1) is 15.8. The molecular formula is C15H13BrClFOS. The molecule has 2 aromatic carbocycles. The molecule has 106 valence electrons. The van der Waals surface area contributed by atoms with E-state index in [1.807, 2.05) is 12.1 Å². The van der Waals surface area contributed by atoms with E-state index in [9.17, 15) is 9.50 Å². The molecule has 1 nitrogen and oxygen atoms in total. The molecule has 0 bridgehead atoms. The number of benzene rings is 2. The molecule has 2 aromatic rings. The molecule has 0 amide bonds. The minimum atomic E-state index is -1.03. The second-order valence-corrected chi connectivity index (χ2v) is 6.74. The smallest absolute Gasteiger partial charge is 0.149 e. The number of aliphatic hydroxyl groups is 1. The third-order valence-electron chi connectivity index (χ3n) is 2.87. The first-order valence-electron chi connectivity index (χ1n) is 6.08. The Bertz CT molecular complexity index is 604. The fraction of sp³-hybridized carbons (Fsp3) is 0.200. The topological polar surface area (TPSA) is 20.2 Å². The molecule has 0 aromatic heterocycles. The zero-order valence-electron chi connectivity index (χ0n) is 10.7. The number of aliphatic hydroxyl groups excluding tert-OH is 1. The maximum Gasteiger partial charge on any atom is 0.149 e. The highest BCUT2D eigenvalue weighted by atomic mass is 79.9. The van der Waals surface area contributed by atoms with E-state index in [1.165, 1.54) is 6.07 Å². The summed E-state index contributed by atoms with van der Waals surface area (Å²) in [6.07, 6.45) is -1.03. The molecule has 0 saturated carbocycles. The average Bonchev–Trinajstić information content (AvgIpc) is 2.45. The number of thioether (sulfide) groups is 1. The van der Waals surface area contributed by atoms with Gasteiger partial charge in [0.2, 0.25) is 0 Å². The average molecular weight is 376 g/mol. The van der Waals surface area contributed by atoms with E-state index < -0.39 is 11.9 Å². The van der Waals surface area contributed by atoms with Gasteiger partial charge in [0.1, 0.15) is 11.9 Å². The number of hydrogen-bond donors (Lipinski definition) is 1. The monoisotopic (exact) mass is 374 g/mol. The summed E-state index contributed by atoms with van der Waals surface area (Å²) in [6.45, 7) is 2.08. The van der Waals surface area contributed by atoms with E-state index in [1.54, 1.807) is 30.0 Å². The van der Waals surface area contributed by atoms with Gasteiger partial charge in [-0.25, -0.2) is 4.39 Å². The Balaban J connectivity index is 2.31. The van der Waals surface area contributed by atoms with Crippen LogP contribution in [0.2, 0.25) is 5.02 Å². The molecule has 1 atom stereocenters. The lowest BCUT2D eigenvalue weighted by molar-refractivity contribution is 0.215. The van der Waals surface area contributed by atoms with Crippen molar-refractivity contribution < 1.29 is 9.50 Å². The van der Waals surface area contributed by atoms with Gasteiger partial charge in [-0.1, -0.05) is 36.7 Å². The zero-order chi connectivity index (χ0) is 14.7. The number of rotatable bonds is 4. The molecule has 2 rings (SSSR count). The normalized spacial score (nSPS) is 12.4. The van der Waals surface area contributed by atoms with Crippen molar-refractivity contribution in [3.05, 3.63) is 62.8 Å². The quantitative estimate of drug-likeness (QED) is 0.567. The van der Waals surface area contributed by atoms with Crippen LogP contribution in [0, 0.1) is 5.82 Å². The third-order valence-corrected chi connectivity index (χ3v) is 5.02. The van der Waals surface area contributed by atoms with Gasteiger partial charge in [0, 0.05) is 14.9 Å². The van der Waals surface area contributed by atoms with Crippen molar-refractivity contribution in [2.24, 2.45) is 0 Å². The van der Waals surface area contributed by atoms with Crippen LogP contribution in [0.1, 0.15) is 24.2 Å². The van der Waals surface area contributed by atoms with Gasteiger partial charge < -0.3 is 5.11 Å². The van der Waals surface area contributed by atoms with Gasteiger partial charge in [-0.15, -0.1) is 11.8 Å².